The normalized spacial score (nSPS) is 16.3. The van der Waals surface area contributed by atoms with Gasteiger partial charge in [0.2, 0.25) is 0 Å². The lowest BCUT2D eigenvalue weighted by Gasteiger charge is -2.31. The first-order chi connectivity index (χ1) is 13.7. The van der Waals surface area contributed by atoms with Gasteiger partial charge in [-0.3, -0.25) is 9.89 Å². The van der Waals surface area contributed by atoms with Crippen LogP contribution in [0.2, 0.25) is 5.15 Å². The number of nitrogens with one attached hydrogen (secondary N) is 2. The highest BCUT2D eigenvalue weighted by Crippen LogP contribution is 2.20. The van der Waals surface area contributed by atoms with Gasteiger partial charge in [0.25, 0.3) is 0 Å². The zero-order valence-electron chi connectivity index (χ0n) is 16.5. The first kappa shape index (κ1) is 21.1. The average molecular weight is 420 g/mol. The number of pyridine rings is 1. The molecule has 0 radical (unpaired) electrons. The van der Waals surface area contributed by atoms with Crippen molar-refractivity contribution in [2.75, 3.05) is 32.7 Å². The fraction of sp³-hybridized carbons (Fsp3) is 0.524. The van der Waals surface area contributed by atoms with Crippen molar-refractivity contribution < 1.29 is 0 Å². The number of nitrogens with zero attached hydrogens (tertiary/aromatic N) is 3. The fourth-order valence-corrected chi connectivity index (χ4v) is 4.25. The number of aromatic nitrogens is 1. The molecule has 152 valence electrons. The first-order valence-corrected chi connectivity index (χ1v) is 11.4. The van der Waals surface area contributed by atoms with Crippen molar-refractivity contribution in [2.45, 2.75) is 32.7 Å². The Morgan fingerprint density at radius 2 is 2.14 bits per heavy atom. The van der Waals surface area contributed by atoms with Gasteiger partial charge in [0.15, 0.2) is 5.96 Å². The number of likely N-dealkylation sites (tertiary alicyclic amines) is 1. The topological polar surface area (TPSA) is 52.6 Å². The Balaban J connectivity index is 1.39. The minimum atomic E-state index is 0.535. The van der Waals surface area contributed by atoms with E-state index in [0.717, 1.165) is 38.6 Å². The van der Waals surface area contributed by atoms with E-state index in [-0.39, 0.29) is 0 Å². The lowest BCUT2D eigenvalue weighted by molar-refractivity contribution is 0.182. The molecule has 3 heterocycles. The van der Waals surface area contributed by atoms with Gasteiger partial charge in [-0.1, -0.05) is 23.7 Å². The lowest BCUT2D eigenvalue weighted by Crippen LogP contribution is -2.39. The summed E-state index contributed by atoms with van der Waals surface area (Å²) in [7, 11) is 0. The van der Waals surface area contributed by atoms with Crippen LogP contribution in [0.1, 0.15) is 30.2 Å². The molecular formula is C21H30ClN5S. The Morgan fingerprint density at radius 3 is 2.82 bits per heavy atom. The summed E-state index contributed by atoms with van der Waals surface area (Å²) >= 11 is 7.69. The molecule has 2 aromatic heterocycles. The van der Waals surface area contributed by atoms with Crippen LogP contribution >= 0.6 is 22.9 Å². The van der Waals surface area contributed by atoms with Gasteiger partial charge in [0.1, 0.15) is 5.15 Å². The van der Waals surface area contributed by atoms with Crippen molar-refractivity contribution >= 4 is 28.9 Å². The van der Waals surface area contributed by atoms with Crippen LogP contribution in [0.3, 0.4) is 0 Å². The monoisotopic (exact) mass is 419 g/mol. The van der Waals surface area contributed by atoms with E-state index in [2.05, 4.69) is 45.0 Å². The molecule has 0 amide bonds. The SMILES string of the molecule is CCNC(=NCC1CCN(Cc2cccs2)CC1)NCCc1ccc(Cl)nc1. The second-order valence-corrected chi connectivity index (χ2v) is 8.60. The Morgan fingerprint density at radius 1 is 1.29 bits per heavy atom. The van der Waals surface area contributed by atoms with Crippen LogP contribution in [0.5, 0.6) is 0 Å². The molecule has 1 fully saturated rings. The smallest absolute Gasteiger partial charge is 0.191 e. The second kappa shape index (κ2) is 11.4. The van der Waals surface area contributed by atoms with Crippen molar-refractivity contribution in [2.24, 2.45) is 10.9 Å². The van der Waals surface area contributed by atoms with Gasteiger partial charge in [-0.15, -0.1) is 11.3 Å². The molecule has 2 aromatic rings. The maximum Gasteiger partial charge on any atom is 0.191 e. The zero-order valence-corrected chi connectivity index (χ0v) is 18.1. The van der Waals surface area contributed by atoms with Gasteiger partial charge in [0.05, 0.1) is 0 Å². The third-order valence-corrected chi connectivity index (χ3v) is 6.10. The molecule has 1 aliphatic rings. The van der Waals surface area contributed by atoms with E-state index >= 15 is 0 Å². The molecule has 0 aromatic carbocycles. The van der Waals surface area contributed by atoms with E-state index in [1.165, 1.54) is 36.4 Å². The zero-order chi connectivity index (χ0) is 19.6. The molecule has 1 saturated heterocycles. The molecule has 0 bridgehead atoms. The van der Waals surface area contributed by atoms with Crippen molar-refractivity contribution in [3.8, 4) is 0 Å². The van der Waals surface area contributed by atoms with E-state index in [1.54, 1.807) is 0 Å². The van der Waals surface area contributed by atoms with Gasteiger partial charge < -0.3 is 10.6 Å². The van der Waals surface area contributed by atoms with E-state index in [9.17, 15) is 0 Å². The molecule has 28 heavy (non-hydrogen) atoms. The molecule has 1 aliphatic heterocycles. The van der Waals surface area contributed by atoms with E-state index in [1.807, 2.05) is 29.7 Å². The predicted octanol–water partition coefficient (Wildman–Crippen LogP) is 3.81. The number of piperidine rings is 1. The van der Waals surface area contributed by atoms with E-state index < -0.39 is 0 Å². The van der Waals surface area contributed by atoms with Crippen molar-refractivity contribution in [1.82, 2.24) is 20.5 Å². The Hall–Kier alpha value is -1.63. The first-order valence-electron chi connectivity index (χ1n) is 10.1. The maximum absolute atomic E-state index is 5.84. The average Bonchev–Trinajstić information content (AvgIpc) is 3.22. The quantitative estimate of drug-likeness (QED) is 0.388. The van der Waals surface area contributed by atoms with Crippen LogP contribution in [0.4, 0.5) is 0 Å². The molecule has 0 spiro atoms. The van der Waals surface area contributed by atoms with Gasteiger partial charge in [-0.05, 0) is 68.3 Å². The van der Waals surface area contributed by atoms with Crippen LogP contribution < -0.4 is 10.6 Å². The molecule has 0 unspecified atom stereocenters. The maximum atomic E-state index is 5.84. The van der Waals surface area contributed by atoms with Crippen LogP contribution in [0.25, 0.3) is 0 Å². The number of halogens is 1. The third kappa shape index (κ3) is 7.08. The minimum Gasteiger partial charge on any atom is -0.357 e. The number of hydrogen-bond acceptors (Lipinski definition) is 4. The number of rotatable bonds is 8. The molecule has 7 heteroatoms. The standard InChI is InChI=1S/C21H30ClN5S/c1-2-23-21(24-10-7-17-5-6-20(22)25-14-17)26-15-18-8-11-27(12-9-18)16-19-4-3-13-28-19/h3-6,13-14,18H,2,7-12,15-16H2,1H3,(H2,23,24,26). The summed E-state index contributed by atoms with van der Waals surface area (Å²) in [4.78, 5) is 13.0. The van der Waals surface area contributed by atoms with Crippen molar-refractivity contribution in [1.29, 1.82) is 0 Å². The molecule has 0 atom stereocenters. The predicted molar refractivity (Wildman–Crippen MR) is 119 cm³/mol. The highest BCUT2D eigenvalue weighted by Gasteiger charge is 2.19. The van der Waals surface area contributed by atoms with Crippen LogP contribution in [-0.2, 0) is 13.0 Å². The summed E-state index contributed by atoms with van der Waals surface area (Å²) in [6.07, 6.45) is 5.18. The van der Waals surface area contributed by atoms with E-state index in [4.69, 9.17) is 16.6 Å². The number of guanidine groups is 1. The summed E-state index contributed by atoms with van der Waals surface area (Å²) in [5, 5.41) is 9.48. The highest BCUT2D eigenvalue weighted by molar-refractivity contribution is 7.09. The van der Waals surface area contributed by atoms with Crippen molar-refractivity contribution in [3.05, 3.63) is 51.4 Å². The van der Waals surface area contributed by atoms with Gasteiger partial charge in [-0.2, -0.15) is 0 Å². The van der Waals surface area contributed by atoms with Crippen LogP contribution in [0, 0.1) is 5.92 Å². The lowest BCUT2D eigenvalue weighted by atomic mass is 9.97. The highest BCUT2D eigenvalue weighted by atomic mass is 35.5. The van der Waals surface area contributed by atoms with Crippen LogP contribution in [-0.4, -0.2) is 48.6 Å². The molecule has 2 N–H and O–H groups in total. The second-order valence-electron chi connectivity index (χ2n) is 7.18. The van der Waals surface area contributed by atoms with Gasteiger partial charge >= 0.3 is 0 Å². The van der Waals surface area contributed by atoms with Gasteiger partial charge in [-0.25, -0.2) is 4.98 Å². The number of hydrogen-bond donors (Lipinski definition) is 2. The summed E-state index contributed by atoms with van der Waals surface area (Å²) in [6.45, 7) is 8.13. The largest absolute Gasteiger partial charge is 0.357 e. The molecular weight excluding hydrogens is 390 g/mol. The van der Waals surface area contributed by atoms with Gasteiger partial charge in [0, 0.05) is 37.3 Å². The fourth-order valence-electron chi connectivity index (χ4n) is 3.39. The van der Waals surface area contributed by atoms with Crippen LogP contribution in [0.15, 0.2) is 40.8 Å². The molecule has 5 nitrogen and oxygen atoms in total. The Bertz CT molecular complexity index is 709. The third-order valence-electron chi connectivity index (χ3n) is 5.01. The number of thiophene rings is 1. The molecule has 0 aliphatic carbocycles. The van der Waals surface area contributed by atoms with Crippen molar-refractivity contribution in [3.63, 3.8) is 0 Å². The Labute approximate surface area is 177 Å². The summed E-state index contributed by atoms with van der Waals surface area (Å²) in [5.74, 6) is 1.58. The molecule has 0 saturated carbocycles. The number of aliphatic imine (C=N–C) groups is 1. The summed E-state index contributed by atoms with van der Waals surface area (Å²) < 4.78 is 0. The summed E-state index contributed by atoms with van der Waals surface area (Å²) in [5.41, 5.74) is 1.17. The summed E-state index contributed by atoms with van der Waals surface area (Å²) in [6, 6.07) is 8.22. The molecule has 3 rings (SSSR count). The minimum absolute atomic E-state index is 0.535. The Kier molecular flexibility index (Phi) is 8.58. The van der Waals surface area contributed by atoms with E-state index in [0.29, 0.717) is 11.1 Å².